The Morgan fingerprint density at radius 3 is 2.55 bits per heavy atom. The van der Waals surface area contributed by atoms with Crippen molar-refractivity contribution < 1.29 is 9.59 Å². The first kappa shape index (κ1) is 15.4. The third-order valence-electron chi connectivity index (χ3n) is 4.71. The van der Waals surface area contributed by atoms with Crippen LogP contribution >= 0.6 is 0 Å². The van der Waals surface area contributed by atoms with Gasteiger partial charge in [-0.15, -0.1) is 0 Å². The third-order valence-corrected chi connectivity index (χ3v) is 4.71. The Morgan fingerprint density at radius 2 is 1.95 bits per heavy atom. The van der Waals surface area contributed by atoms with Crippen LogP contribution in [0.4, 0.5) is 0 Å². The van der Waals surface area contributed by atoms with Gasteiger partial charge in [0.1, 0.15) is 0 Å². The number of hydrogen-bond donors (Lipinski definition) is 1. The molecule has 2 heterocycles. The van der Waals surface area contributed by atoms with E-state index in [1.807, 2.05) is 13.8 Å². The molecule has 0 spiro atoms. The summed E-state index contributed by atoms with van der Waals surface area (Å²) in [7, 11) is 2.15. The maximum Gasteiger partial charge on any atom is 0.247 e. The van der Waals surface area contributed by atoms with Crippen molar-refractivity contribution in [2.75, 3.05) is 26.7 Å². The van der Waals surface area contributed by atoms with Gasteiger partial charge in [0.05, 0.1) is 12.5 Å². The van der Waals surface area contributed by atoms with Crippen LogP contribution < -0.4 is 5.32 Å². The fourth-order valence-corrected chi connectivity index (χ4v) is 3.03. The molecule has 0 aromatic heterocycles. The molecular formula is C15H27N3O2. The smallest absolute Gasteiger partial charge is 0.247 e. The zero-order valence-corrected chi connectivity index (χ0v) is 12.9. The molecule has 1 N–H and O–H groups in total. The van der Waals surface area contributed by atoms with Crippen molar-refractivity contribution in [3.63, 3.8) is 0 Å². The van der Waals surface area contributed by atoms with Gasteiger partial charge in [0.25, 0.3) is 0 Å². The highest BCUT2D eigenvalue weighted by molar-refractivity contribution is 6.05. The quantitative estimate of drug-likeness (QED) is 0.759. The Hall–Kier alpha value is -0.940. The van der Waals surface area contributed by atoms with Crippen molar-refractivity contribution in [3.8, 4) is 0 Å². The zero-order chi connectivity index (χ0) is 14.7. The molecule has 0 bridgehead atoms. The van der Waals surface area contributed by atoms with E-state index in [1.54, 1.807) is 0 Å². The molecule has 2 unspecified atom stereocenters. The fraction of sp³-hybridized carbons (Fsp3) is 0.867. The van der Waals surface area contributed by atoms with Crippen LogP contribution in [0, 0.1) is 5.92 Å². The van der Waals surface area contributed by atoms with E-state index in [2.05, 4.69) is 17.3 Å². The molecular weight excluding hydrogens is 254 g/mol. The largest absolute Gasteiger partial charge is 0.306 e. The lowest BCUT2D eigenvalue weighted by molar-refractivity contribution is -0.141. The first-order valence-electron chi connectivity index (χ1n) is 7.80. The molecule has 2 fully saturated rings. The molecule has 2 aliphatic heterocycles. The molecule has 0 saturated carbocycles. The van der Waals surface area contributed by atoms with Gasteiger partial charge < -0.3 is 10.2 Å². The van der Waals surface area contributed by atoms with Crippen molar-refractivity contribution in [2.45, 2.75) is 51.6 Å². The van der Waals surface area contributed by atoms with E-state index in [9.17, 15) is 9.59 Å². The summed E-state index contributed by atoms with van der Waals surface area (Å²) in [4.78, 5) is 28.0. The second-order valence-corrected chi connectivity index (χ2v) is 6.27. The molecule has 2 atom stereocenters. The number of hydrogen-bond acceptors (Lipinski definition) is 4. The summed E-state index contributed by atoms with van der Waals surface area (Å²) in [6.45, 7) is 7.05. The topological polar surface area (TPSA) is 52.7 Å². The molecule has 2 saturated heterocycles. The summed E-state index contributed by atoms with van der Waals surface area (Å²) in [5.74, 6) is 0.578. The van der Waals surface area contributed by atoms with Crippen molar-refractivity contribution in [2.24, 2.45) is 5.92 Å². The number of likely N-dealkylation sites (tertiary alicyclic amines) is 2. The summed E-state index contributed by atoms with van der Waals surface area (Å²) in [5, 5.41) is 3.32. The van der Waals surface area contributed by atoms with E-state index in [1.165, 1.54) is 17.7 Å². The van der Waals surface area contributed by atoms with Crippen LogP contribution in [0.1, 0.15) is 39.5 Å². The first-order chi connectivity index (χ1) is 9.52. The van der Waals surface area contributed by atoms with Gasteiger partial charge in [-0.1, -0.05) is 6.92 Å². The van der Waals surface area contributed by atoms with Crippen molar-refractivity contribution in [3.05, 3.63) is 0 Å². The van der Waals surface area contributed by atoms with Gasteiger partial charge >= 0.3 is 0 Å². The molecule has 0 aromatic rings. The van der Waals surface area contributed by atoms with E-state index < -0.39 is 0 Å². The van der Waals surface area contributed by atoms with Crippen molar-refractivity contribution in [1.82, 2.24) is 15.1 Å². The van der Waals surface area contributed by atoms with Crippen LogP contribution in [-0.4, -0.2) is 60.4 Å². The number of rotatable bonds is 5. The number of amides is 2. The lowest BCUT2D eigenvalue weighted by atomic mass is 9.97. The van der Waals surface area contributed by atoms with Gasteiger partial charge in [0.15, 0.2) is 0 Å². The predicted molar refractivity (Wildman–Crippen MR) is 78.2 cm³/mol. The maximum absolute atomic E-state index is 12.3. The zero-order valence-electron chi connectivity index (χ0n) is 12.9. The van der Waals surface area contributed by atoms with Crippen LogP contribution in [0.15, 0.2) is 0 Å². The van der Waals surface area contributed by atoms with Gasteiger partial charge in [-0.2, -0.15) is 0 Å². The van der Waals surface area contributed by atoms with E-state index in [0.717, 1.165) is 26.1 Å². The molecule has 20 heavy (non-hydrogen) atoms. The van der Waals surface area contributed by atoms with E-state index in [4.69, 9.17) is 0 Å². The number of imide groups is 1. The monoisotopic (exact) mass is 281 g/mol. The highest BCUT2D eigenvalue weighted by Gasteiger charge is 2.40. The minimum Gasteiger partial charge on any atom is -0.306 e. The normalized spacial score (nSPS) is 27.4. The predicted octanol–water partition coefficient (Wildman–Crippen LogP) is 0.844. The van der Waals surface area contributed by atoms with E-state index in [0.29, 0.717) is 12.3 Å². The number of carbonyl (C=O) groups is 2. The minimum absolute atomic E-state index is 0.0186. The van der Waals surface area contributed by atoms with E-state index in [-0.39, 0.29) is 23.9 Å². The second kappa shape index (κ2) is 6.68. The molecule has 2 aliphatic rings. The minimum atomic E-state index is -0.295. The van der Waals surface area contributed by atoms with Crippen molar-refractivity contribution in [1.29, 1.82) is 0 Å². The Bertz CT molecular complexity index is 364. The van der Waals surface area contributed by atoms with Gasteiger partial charge in [-0.25, -0.2) is 0 Å². The van der Waals surface area contributed by atoms with Crippen LogP contribution in [0.3, 0.4) is 0 Å². The highest BCUT2D eigenvalue weighted by atomic mass is 16.2. The Kier molecular flexibility index (Phi) is 5.16. The molecule has 0 aromatic carbocycles. The molecule has 2 amide bonds. The average molecular weight is 281 g/mol. The van der Waals surface area contributed by atoms with Crippen LogP contribution in [0.25, 0.3) is 0 Å². The molecule has 5 nitrogen and oxygen atoms in total. The second-order valence-electron chi connectivity index (χ2n) is 6.27. The van der Waals surface area contributed by atoms with Crippen LogP contribution in [0.5, 0.6) is 0 Å². The molecule has 0 aliphatic carbocycles. The summed E-state index contributed by atoms with van der Waals surface area (Å²) < 4.78 is 0. The number of nitrogens with zero attached hydrogens (tertiary/aromatic N) is 2. The first-order valence-corrected chi connectivity index (χ1v) is 7.80. The fourth-order valence-electron chi connectivity index (χ4n) is 3.03. The van der Waals surface area contributed by atoms with Gasteiger partial charge in [-0.05, 0) is 58.8 Å². The van der Waals surface area contributed by atoms with Crippen LogP contribution in [-0.2, 0) is 9.59 Å². The van der Waals surface area contributed by atoms with Gasteiger partial charge in [0.2, 0.25) is 11.8 Å². The Labute approximate surface area is 121 Å². The van der Waals surface area contributed by atoms with E-state index >= 15 is 0 Å². The number of piperidine rings is 1. The summed E-state index contributed by atoms with van der Waals surface area (Å²) >= 11 is 0. The summed E-state index contributed by atoms with van der Waals surface area (Å²) in [6.07, 6.45) is 3.50. The lowest BCUT2D eigenvalue weighted by Gasteiger charge is -2.29. The van der Waals surface area contributed by atoms with Gasteiger partial charge in [0, 0.05) is 6.04 Å². The number of carbonyl (C=O) groups excluding carboxylic acids is 2. The molecule has 114 valence electrons. The summed E-state index contributed by atoms with van der Waals surface area (Å²) in [5.41, 5.74) is 0. The standard InChI is InChI=1S/C15H27N3O2/c1-4-11(2)18-14(19)9-13(15(18)20)16-10-12-5-7-17(3)8-6-12/h11-13,16H,4-10H2,1-3H3. The highest BCUT2D eigenvalue weighted by Crippen LogP contribution is 2.20. The Balaban J connectivity index is 1.82. The van der Waals surface area contributed by atoms with Crippen molar-refractivity contribution >= 4 is 11.8 Å². The average Bonchev–Trinajstić information content (AvgIpc) is 2.72. The van der Waals surface area contributed by atoms with Crippen LogP contribution in [0.2, 0.25) is 0 Å². The Morgan fingerprint density at radius 1 is 1.30 bits per heavy atom. The van der Waals surface area contributed by atoms with Gasteiger partial charge in [-0.3, -0.25) is 14.5 Å². The SMILES string of the molecule is CCC(C)N1C(=O)CC(NCC2CCN(C)CC2)C1=O. The molecule has 0 radical (unpaired) electrons. The summed E-state index contributed by atoms with van der Waals surface area (Å²) in [6, 6.07) is -0.277. The maximum atomic E-state index is 12.3. The lowest BCUT2D eigenvalue weighted by Crippen LogP contribution is -2.44. The molecule has 5 heteroatoms. The molecule has 2 rings (SSSR count). The number of nitrogens with one attached hydrogen (secondary N) is 1. The third kappa shape index (κ3) is 3.38.